The number of aliphatic hydroxyl groups is 1. The summed E-state index contributed by atoms with van der Waals surface area (Å²) in [7, 11) is 0. The molecule has 0 spiro atoms. The Morgan fingerprint density at radius 1 is 1.58 bits per heavy atom. The molecular formula is C13H17NO4S. The van der Waals surface area contributed by atoms with Crippen LogP contribution in [0.3, 0.4) is 0 Å². The van der Waals surface area contributed by atoms with Gasteiger partial charge in [-0.15, -0.1) is 11.3 Å². The van der Waals surface area contributed by atoms with Crippen molar-refractivity contribution in [2.45, 2.75) is 32.8 Å². The van der Waals surface area contributed by atoms with E-state index in [4.69, 9.17) is 4.74 Å². The summed E-state index contributed by atoms with van der Waals surface area (Å²) >= 11 is 1.41. The van der Waals surface area contributed by atoms with Gasteiger partial charge in [0.15, 0.2) is 0 Å². The zero-order valence-electron chi connectivity index (χ0n) is 11.0. The topological polar surface area (TPSA) is 66.8 Å². The van der Waals surface area contributed by atoms with Crippen LogP contribution in [-0.4, -0.2) is 36.2 Å². The van der Waals surface area contributed by atoms with Gasteiger partial charge in [0.05, 0.1) is 31.2 Å². The molecule has 19 heavy (non-hydrogen) atoms. The monoisotopic (exact) mass is 283 g/mol. The number of carbonyl (C=O) groups is 2. The summed E-state index contributed by atoms with van der Waals surface area (Å²) in [4.78, 5) is 26.3. The molecule has 5 nitrogen and oxygen atoms in total. The third-order valence-electron chi connectivity index (χ3n) is 2.96. The van der Waals surface area contributed by atoms with Crippen molar-refractivity contribution in [1.82, 2.24) is 0 Å². The highest BCUT2D eigenvalue weighted by molar-refractivity contribution is 7.16. The van der Waals surface area contributed by atoms with Gasteiger partial charge < -0.3 is 14.7 Å². The van der Waals surface area contributed by atoms with E-state index in [1.807, 2.05) is 6.92 Å². The SMILES string of the molecule is CCOC(=O)c1cc(CC)sc1N1CC(O)CC1=O. The van der Waals surface area contributed by atoms with Crippen molar-refractivity contribution in [3.63, 3.8) is 0 Å². The molecule has 1 saturated heterocycles. The molecular weight excluding hydrogens is 266 g/mol. The van der Waals surface area contributed by atoms with E-state index in [9.17, 15) is 14.7 Å². The van der Waals surface area contributed by atoms with Gasteiger partial charge in [0.1, 0.15) is 5.00 Å². The first-order chi connectivity index (χ1) is 9.06. The van der Waals surface area contributed by atoms with Crippen molar-refractivity contribution in [3.05, 3.63) is 16.5 Å². The number of β-amino-alcohol motifs (C(OH)–C–C–N with tert-alkyl or cyclic N) is 1. The fourth-order valence-electron chi connectivity index (χ4n) is 2.05. The van der Waals surface area contributed by atoms with Crippen LogP contribution in [0.5, 0.6) is 0 Å². The number of aryl methyl sites for hydroxylation is 1. The highest BCUT2D eigenvalue weighted by Gasteiger charge is 2.33. The van der Waals surface area contributed by atoms with Gasteiger partial charge in [-0.25, -0.2) is 4.79 Å². The zero-order valence-corrected chi connectivity index (χ0v) is 11.8. The number of aliphatic hydroxyl groups excluding tert-OH is 1. The van der Waals surface area contributed by atoms with Crippen LogP contribution in [0.15, 0.2) is 6.07 Å². The minimum Gasteiger partial charge on any atom is -0.462 e. The van der Waals surface area contributed by atoms with Gasteiger partial charge in [0, 0.05) is 4.88 Å². The molecule has 0 aliphatic carbocycles. The first-order valence-corrected chi connectivity index (χ1v) is 7.16. The predicted molar refractivity (Wildman–Crippen MR) is 72.6 cm³/mol. The van der Waals surface area contributed by atoms with Crippen LogP contribution in [0.4, 0.5) is 5.00 Å². The molecule has 2 rings (SSSR count). The highest BCUT2D eigenvalue weighted by Crippen LogP contribution is 2.35. The number of carbonyl (C=O) groups excluding carboxylic acids is 2. The van der Waals surface area contributed by atoms with E-state index in [0.717, 1.165) is 11.3 Å². The lowest BCUT2D eigenvalue weighted by atomic mass is 10.2. The largest absolute Gasteiger partial charge is 0.462 e. The lowest BCUT2D eigenvalue weighted by molar-refractivity contribution is -0.117. The van der Waals surface area contributed by atoms with Crippen molar-refractivity contribution in [3.8, 4) is 0 Å². The highest BCUT2D eigenvalue weighted by atomic mass is 32.1. The first kappa shape index (κ1) is 14.0. The van der Waals surface area contributed by atoms with Crippen LogP contribution < -0.4 is 4.90 Å². The Hall–Kier alpha value is -1.40. The molecule has 2 heterocycles. The molecule has 6 heteroatoms. The van der Waals surface area contributed by atoms with E-state index >= 15 is 0 Å². The van der Waals surface area contributed by atoms with E-state index in [0.29, 0.717) is 17.2 Å². The summed E-state index contributed by atoms with van der Waals surface area (Å²) in [5.41, 5.74) is 0.422. The maximum atomic E-state index is 11.9. The van der Waals surface area contributed by atoms with Crippen LogP contribution in [0.25, 0.3) is 0 Å². The van der Waals surface area contributed by atoms with E-state index in [1.165, 1.54) is 16.2 Å². The van der Waals surface area contributed by atoms with Gasteiger partial charge >= 0.3 is 5.97 Å². The van der Waals surface area contributed by atoms with Crippen LogP contribution >= 0.6 is 11.3 Å². The van der Waals surface area contributed by atoms with Crippen molar-refractivity contribution >= 4 is 28.2 Å². The third kappa shape index (κ3) is 2.79. The number of rotatable bonds is 4. The van der Waals surface area contributed by atoms with Crippen molar-refractivity contribution in [2.75, 3.05) is 18.1 Å². The van der Waals surface area contributed by atoms with Crippen LogP contribution in [0, 0.1) is 0 Å². The minimum absolute atomic E-state index is 0.113. The van der Waals surface area contributed by atoms with E-state index < -0.39 is 12.1 Å². The molecule has 1 amide bonds. The molecule has 0 radical (unpaired) electrons. The maximum Gasteiger partial charge on any atom is 0.341 e. The number of nitrogens with zero attached hydrogens (tertiary/aromatic N) is 1. The summed E-state index contributed by atoms with van der Waals surface area (Å²) < 4.78 is 5.02. The number of hydrogen-bond acceptors (Lipinski definition) is 5. The number of thiophene rings is 1. The normalized spacial score (nSPS) is 19.0. The first-order valence-electron chi connectivity index (χ1n) is 6.35. The Kier molecular flexibility index (Phi) is 4.21. The second-order valence-electron chi connectivity index (χ2n) is 4.37. The summed E-state index contributed by atoms with van der Waals surface area (Å²) in [6.07, 6.45) is 0.248. The molecule has 1 fully saturated rings. The summed E-state index contributed by atoms with van der Waals surface area (Å²) in [5.74, 6) is -0.565. The molecule has 1 atom stereocenters. The zero-order chi connectivity index (χ0) is 14.0. The van der Waals surface area contributed by atoms with Gasteiger partial charge in [-0.05, 0) is 19.4 Å². The molecule has 1 unspecified atom stereocenters. The van der Waals surface area contributed by atoms with Gasteiger partial charge in [0.2, 0.25) is 5.91 Å². The fourth-order valence-corrected chi connectivity index (χ4v) is 3.15. The molecule has 0 bridgehead atoms. The Morgan fingerprint density at radius 3 is 2.84 bits per heavy atom. The molecule has 0 aromatic carbocycles. The smallest absolute Gasteiger partial charge is 0.341 e. The van der Waals surface area contributed by atoms with Gasteiger partial charge in [-0.3, -0.25) is 4.79 Å². The van der Waals surface area contributed by atoms with Gasteiger partial charge in [0.25, 0.3) is 0 Å². The Balaban J connectivity index is 2.35. The molecule has 1 aliphatic rings. The average molecular weight is 283 g/mol. The quantitative estimate of drug-likeness (QED) is 0.852. The number of anilines is 1. The third-order valence-corrected chi connectivity index (χ3v) is 4.26. The van der Waals surface area contributed by atoms with E-state index in [-0.39, 0.29) is 18.9 Å². The standard InChI is InChI=1S/C13H17NO4S/c1-3-9-6-10(13(17)18-4-2)12(19-9)14-7-8(15)5-11(14)16/h6,8,15H,3-5,7H2,1-2H3. The van der Waals surface area contributed by atoms with Gasteiger partial charge in [-0.2, -0.15) is 0 Å². The maximum absolute atomic E-state index is 11.9. The second-order valence-corrected chi connectivity index (χ2v) is 5.48. The minimum atomic E-state index is -0.658. The van der Waals surface area contributed by atoms with Crippen molar-refractivity contribution < 1.29 is 19.4 Å². The number of ether oxygens (including phenoxy) is 1. The number of hydrogen-bond donors (Lipinski definition) is 1. The average Bonchev–Trinajstić information content (AvgIpc) is 2.92. The number of esters is 1. The predicted octanol–water partition coefficient (Wildman–Crippen LogP) is 1.58. The van der Waals surface area contributed by atoms with E-state index in [1.54, 1.807) is 13.0 Å². The molecule has 104 valence electrons. The fraction of sp³-hybridized carbons (Fsp3) is 0.538. The Bertz CT molecular complexity index is 497. The van der Waals surface area contributed by atoms with Crippen molar-refractivity contribution in [1.29, 1.82) is 0 Å². The molecule has 1 N–H and O–H groups in total. The van der Waals surface area contributed by atoms with Crippen LogP contribution in [0.2, 0.25) is 0 Å². The van der Waals surface area contributed by atoms with E-state index in [2.05, 4.69) is 0 Å². The molecule has 1 aromatic rings. The van der Waals surface area contributed by atoms with Crippen molar-refractivity contribution in [2.24, 2.45) is 0 Å². The van der Waals surface area contributed by atoms with Crippen LogP contribution in [0.1, 0.15) is 35.5 Å². The van der Waals surface area contributed by atoms with Gasteiger partial charge in [-0.1, -0.05) is 6.92 Å². The summed E-state index contributed by atoms with van der Waals surface area (Å²) in [5, 5.41) is 10.1. The molecule has 1 aliphatic heterocycles. The molecule has 0 saturated carbocycles. The summed E-state index contributed by atoms with van der Waals surface area (Å²) in [6, 6.07) is 1.77. The van der Waals surface area contributed by atoms with Crippen LogP contribution in [-0.2, 0) is 16.0 Å². The number of amides is 1. The lowest BCUT2D eigenvalue weighted by Gasteiger charge is -2.15. The summed E-state index contributed by atoms with van der Waals surface area (Å²) in [6.45, 7) is 4.28. The Labute approximate surface area is 115 Å². The molecule has 1 aromatic heterocycles. The second kappa shape index (κ2) is 5.71. The lowest BCUT2D eigenvalue weighted by Crippen LogP contribution is -2.26. The Morgan fingerprint density at radius 2 is 2.32 bits per heavy atom.